The molecule has 0 atom stereocenters. The zero-order valence-corrected chi connectivity index (χ0v) is 18.1. The number of nitrogens with zero attached hydrogens (tertiary/aromatic N) is 5. The summed E-state index contributed by atoms with van der Waals surface area (Å²) in [6.07, 6.45) is 2.67. The molecule has 0 bridgehead atoms. The third-order valence-electron chi connectivity index (χ3n) is 6.23. The molecule has 10 heteroatoms. The van der Waals surface area contributed by atoms with Gasteiger partial charge in [0.2, 0.25) is 0 Å². The van der Waals surface area contributed by atoms with Crippen LogP contribution in [0.5, 0.6) is 5.75 Å². The molecule has 172 valence electrons. The van der Waals surface area contributed by atoms with Gasteiger partial charge in [-0.25, -0.2) is 14.6 Å². The van der Waals surface area contributed by atoms with Crippen LogP contribution in [0.2, 0.25) is 0 Å². The van der Waals surface area contributed by atoms with Crippen molar-refractivity contribution >= 4 is 27.6 Å². The Labute approximate surface area is 188 Å². The average Bonchev–Trinajstić information content (AvgIpc) is 3.14. The first-order chi connectivity index (χ1) is 15.8. The highest BCUT2D eigenvalue weighted by molar-refractivity contribution is 6.00. The number of piperidine rings is 1. The van der Waals surface area contributed by atoms with Crippen molar-refractivity contribution in [3.63, 3.8) is 0 Å². The Morgan fingerprint density at radius 2 is 1.85 bits per heavy atom. The Bertz CT molecular complexity index is 1320. The third kappa shape index (κ3) is 4.19. The molecule has 1 aliphatic rings. The Morgan fingerprint density at radius 3 is 2.61 bits per heavy atom. The van der Waals surface area contributed by atoms with E-state index in [0.29, 0.717) is 41.9 Å². The second kappa shape index (κ2) is 8.20. The maximum atomic E-state index is 12.5. The number of alkyl halides is 2. The van der Waals surface area contributed by atoms with Crippen LogP contribution in [-0.4, -0.2) is 62.1 Å². The molecule has 2 aromatic heterocycles. The van der Waals surface area contributed by atoms with Gasteiger partial charge < -0.3 is 20.5 Å². The van der Waals surface area contributed by atoms with E-state index in [1.165, 1.54) is 12.4 Å². The summed E-state index contributed by atoms with van der Waals surface area (Å²) in [4.78, 5) is 10.7. The highest BCUT2D eigenvalue weighted by Gasteiger charge is 2.33. The molecular formula is C23H24F2N6O2. The van der Waals surface area contributed by atoms with Crippen molar-refractivity contribution in [1.82, 2.24) is 24.6 Å². The summed E-state index contributed by atoms with van der Waals surface area (Å²) in [5, 5.41) is 18.1. The molecule has 3 heterocycles. The number of halogens is 2. The highest BCUT2D eigenvalue weighted by atomic mass is 19.3. The molecule has 1 aliphatic heterocycles. The second-order valence-corrected chi connectivity index (χ2v) is 8.59. The van der Waals surface area contributed by atoms with Crippen LogP contribution in [0.15, 0.2) is 42.7 Å². The van der Waals surface area contributed by atoms with Crippen LogP contribution in [0, 0.1) is 0 Å². The third-order valence-corrected chi connectivity index (χ3v) is 6.23. The minimum absolute atomic E-state index is 0.101. The molecular weight excluding hydrogens is 430 g/mol. The predicted octanol–water partition coefficient (Wildman–Crippen LogP) is 3.29. The van der Waals surface area contributed by atoms with Crippen molar-refractivity contribution in [3.8, 4) is 17.0 Å². The minimum Gasteiger partial charge on any atom is -0.435 e. The van der Waals surface area contributed by atoms with Gasteiger partial charge in [-0.15, -0.1) is 0 Å². The van der Waals surface area contributed by atoms with Gasteiger partial charge in [-0.2, -0.15) is 13.9 Å². The van der Waals surface area contributed by atoms with Crippen LogP contribution in [0.1, 0.15) is 12.8 Å². The fraction of sp³-hybridized carbons (Fsp3) is 0.348. The summed E-state index contributed by atoms with van der Waals surface area (Å²) in [5.41, 5.74) is 7.28. The molecule has 3 N–H and O–H groups in total. The van der Waals surface area contributed by atoms with Crippen LogP contribution >= 0.6 is 0 Å². The Kier molecular flexibility index (Phi) is 5.34. The van der Waals surface area contributed by atoms with Crippen LogP contribution in [0.3, 0.4) is 0 Å². The lowest BCUT2D eigenvalue weighted by Crippen LogP contribution is -2.45. The van der Waals surface area contributed by atoms with E-state index in [9.17, 15) is 13.9 Å². The number of rotatable bonds is 5. The monoisotopic (exact) mass is 454 g/mol. The van der Waals surface area contributed by atoms with Gasteiger partial charge in [0.1, 0.15) is 23.6 Å². The summed E-state index contributed by atoms with van der Waals surface area (Å²) < 4.78 is 31.3. The molecule has 2 aromatic carbocycles. The summed E-state index contributed by atoms with van der Waals surface area (Å²) >= 11 is 0. The van der Waals surface area contributed by atoms with Gasteiger partial charge in [0.25, 0.3) is 0 Å². The van der Waals surface area contributed by atoms with Crippen molar-refractivity contribution in [1.29, 1.82) is 0 Å². The highest BCUT2D eigenvalue weighted by Crippen LogP contribution is 2.34. The van der Waals surface area contributed by atoms with Gasteiger partial charge in [0.15, 0.2) is 5.65 Å². The maximum Gasteiger partial charge on any atom is 0.387 e. The second-order valence-electron chi connectivity index (χ2n) is 8.59. The number of hydrogen-bond donors (Lipinski definition) is 2. The van der Waals surface area contributed by atoms with Gasteiger partial charge in [0, 0.05) is 18.7 Å². The number of fused-ring (bicyclic) bond motifs is 2. The van der Waals surface area contributed by atoms with E-state index < -0.39 is 12.2 Å². The quantitative estimate of drug-likeness (QED) is 0.477. The minimum atomic E-state index is -2.88. The van der Waals surface area contributed by atoms with E-state index in [1.807, 2.05) is 25.2 Å². The van der Waals surface area contributed by atoms with E-state index in [-0.39, 0.29) is 5.75 Å². The number of aliphatic hydroxyl groups is 1. The van der Waals surface area contributed by atoms with Gasteiger partial charge in [-0.05, 0) is 48.9 Å². The molecule has 0 spiro atoms. The Hall–Kier alpha value is -3.37. The van der Waals surface area contributed by atoms with E-state index >= 15 is 0 Å². The van der Waals surface area contributed by atoms with Gasteiger partial charge >= 0.3 is 6.61 Å². The SMILES string of the molecule is CN1CCC(O)(Cn2nc(-c3ccc4cc(OC(F)F)ccc4c3)c3c(N)ncnc32)CC1. The molecule has 0 radical (unpaired) electrons. The number of nitrogens with two attached hydrogens (primary N) is 1. The van der Waals surface area contributed by atoms with E-state index in [4.69, 9.17) is 10.8 Å². The van der Waals surface area contributed by atoms with Crippen LogP contribution in [0.25, 0.3) is 33.1 Å². The molecule has 0 amide bonds. The zero-order chi connectivity index (χ0) is 23.2. The first-order valence-corrected chi connectivity index (χ1v) is 10.7. The largest absolute Gasteiger partial charge is 0.435 e. The van der Waals surface area contributed by atoms with Gasteiger partial charge in [0.05, 0.1) is 17.5 Å². The summed E-state index contributed by atoms with van der Waals surface area (Å²) in [5.74, 6) is 0.404. The van der Waals surface area contributed by atoms with Gasteiger partial charge in [-0.1, -0.05) is 18.2 Å². The molecule has 0 aliphatic carbocycles. The van der Waals surface area contributed by atoms with Gasteiger partial charge in [-0.3, -0.25) is 0 Å². The predicted molar refractivity (Wildman–Crippen MR) is 121 cm³/mol. The molecule has 33 heavy (non-hydrogen) atoms. The lowest BCUT2D eigenvalue weighted by molar-refractivity contribution is -0.0497. The summed E-state index contributed by atoms with van der Waals surface area (Å²) in [7, 11) is 2.04. The van der Waals surface area contributed by atoms with Crippen molar-refractivity contribution < 1.29 is 18.6 Å². The molecule has 1 fully saturated rings. The zero-order valence-electron chi connectivity index (χ0n) is 18.1. The van der Waals surface area contributed by atoms with Crippen LogP contribution in [-0.2, 0) is 6.54 Å². The molecule has 0 unspecified atom stereocenters. The van der Waals surface area contributed by atoms with Crippen LogP contribution in [0.4, 0.5) is 14.6 Å². The Balaban J connectivity index is 1.56. The molecule has 4 aromatic rings. The molecule has 5 rings (SSSR count). The van der Waals surface area contributed by atoms with E-state index in [0.717, 1.165) is 29.4 Å². The fourth-order valence-corrected chi connectivity index (χ4v) is 4.36. The number of aromatic nitrogens is 4. The number of hydrogen-bond acceptors (Lipinski definition) is 7. The number of likely N-dealkylation sites (tertiary alicyclic amines) is 1. The van der Waals surface area contributed by atoms with E-state index in [1.54, 1.807) is 16.8 Å². The molecule has 1 saturated heterocycles. The van der Waals surface area contributed by atoms with Crippen molar-refractivity contribution in [2.24, 2.45) is 0 Å². The summed E-state index contributed by atoms with van der Waals surface area (Å²) in [6, 6.07) is 10.4. The molecule has 0 saturated carbocycles. The fourth-order valence-electron chi connectivity index (χ4n) is 4.36. The normalized spacial score (nSPS) is 16.6. The van der Waals surface area contributed by atoms with E-state index in [2.05, 4.69) is 19.6 Å². The number of benzene rings is 2. The topological polar surface area (TPSA) is 102 Å². The first-order valence-electron chi connectivity index (χ1n) is 10.7. The number of anilines is 1. The first kappa shape index (κ1) is 21.5. The van der Waals surface area contributed by atoms with Crippen molar-refractivity contribution in [2.45, 2.75) is 31.6 Å². The molecule has 8 nitrogen and oxygen atoms in total. The average molecular weight is 454 g/mol. The smallest absolute Gasteiger partial charge is 0.387 e. The van der Waals surface area contributed by atoms with Crippen molar-refractivity contribution in [2.75, 3.05) is 25.9 Å². The number of ether oxygens (including phenoxy) is 1. The van der Waals surface area contributed by atoms with Crippen molar-refractivity contribution in [3.05, 3.63) is 42.7 Å². The maximum absolute atomic E-state index is 12.5. The lowest BCUT2D eigenvalue weighted by atomic mass is 9.92. The summed E-state index contributed by atoms with van der Waals surface area (Å²) in [6.45, 7) is -0.960. The lowest BCUT2D eigenvalue weighted by Gasteiger charge is -2.36. The Morgan fingerprint density at radius 1 is 1.12 bits per heavy atom. The van der Waals surface area contributed by atoms with Crippen LogP contribution < -0.4 is 10.5 Å². The standard InChI is InChI=1S/C23H24F2N6O2/c1-30-8-6-23(32,7-9-30)12-31-21-18(20(26)27-13-28-21)19(29-31)16-3-2-15-11-17(33-22(24)25)5-4-14(15)10-16/h2-5,10-11,13,22,32H,6-9,12H2,1H3,(H2,26,27,28). The number of nitrogen functional groups attached to an aromatic ring is 1.